The number of carbonyl (C=O) groups is 3. The van der Waals surface area contributed by atoms with E-state index in [1.807, 2.05) is 0 Å². The van der Waals surface area contributed by atoms with E-state index in [0.29, 0.717) is 16.2 Å². The van der Waals surface area contributed by atoms with Gasteiger partial charge in [-0.2, -0.15) is 0 Å². The molecule has 1 saturated heterocycles. The van der Waals surface area contributed by atoms with Crippen LogP contribution >= 0.6 is 0 Å². The lowest BCUT2D eigenvalue weighted by atomic mass is 10.0. The lowest BCUT2D eigenvalue weighted by molar-refractivity contribution is -0.135. The van der Waals surface area contributed by atoms with Gasteiger partial charge in [0.15, 0.2) is 0 Å². The Morgan fingerprint density at radius 1 is 1.41 bits per heavy atom. The molecule has 1 aromatic heterocycles. The first-order valence-electron chi connectivity index (χ1n) is 9.30. The van der Waals surface area contributed by atoms with Gasteiger partial charge in [0.2, 0.25) is 5.91 Å². The first kappa shape index (κ1) is 25.0. The minimum atomic E-state index is -5.28. The van der Waals surface area contributed by atoms with Crippen LogP contribution in [0.3, 0.4) is 0 Å². The van der Waals surface area contributed by atoms with Gasteiger partial charge in [0.25, 0.3) is 27.1 Å². The van der Waals surface area contributed by atoms with Crippen molar-refractivity contribution in [3.05, 3.63) is 53.9 Å². The van der Waals surface area contributed by atoms with E-state index in [1.165, 1.54) is 18.3 Å². The number of allylic oxidation sites excluding steroid dienone is 3. The van der Waals surface area contributed by atoms with Crippen molar-refractivity contribution < 1.29 is 31.3 Å². The van der Waals surface area contributed by atoms with Crippen molar-refractivity contribution >= 4 is 39.2 Å². The van der Waals surface area contributed by atoms with Gasteiger partial charge in [0.05, 0.1) is 24.3 Å². The smallest absolute Gasteiger partial charge is 0.280 e. The second-order valence-corrected chi connectivity index (χ2v) is 8.21. The Morgan fingerprint density at radius 2 is 2.09 bits per heavy atom. The highest BCUT2D eigenvalue weighted by molar-refractivity contribution is 8.02. The maximum atomic E-state index is 13.8. The second kappa shape index (κ2) is 9.90. The number of likely N-dealkylation sites (tertiary alicyclic amines) is 1. The van der Waals surface area contributed by atoms with Crippen molar-refractivity contribution in [1.82, 2.24) is 15.2 Å². The third-order valence-corrected chi connectivity index (χ3v) is 5.34. The molecule has 0 bridgehead atoms. The molecule has 32 heavy (non-hydrogen) atoms. The molecule has 172 valence electrons. The Bertz CT molecular complexity index is 1100. The van der Waals surface area contributed by atoms with Gasteiger partial charge in [-0.25, -0.2) is 17.8 Å². The highest BCUT2D eigenvalue weighted by Crippen LogP contribution is 2.33. The Balaban J connectivity index is 2.21. The van der Waals surface area contributed by atoms with Crippen LogP contribution in [0.1, 0.15) is 35.0 Å². The minimum Gasteiger partial charge on any atom is -0.343 e. The number of amides is 2. The number of hydrogen-bond donors (Lipinski definition) is 2. The normalized spacial score (nSPS) is 19.8. The molecule has 0 saturated carbocycles. The summed E-state index contributed by atoms with van der Waals surface area (Å²) in [6.45, 7) is 3.42. The molecule has 2 amide bonds. The number of alkyl halides is 2. The van der Waals surface area contributed by atoms with Crippen LogP contribution in [-0.4, -0.2) is 56.1 Å². The van der Waals surface area contributed by atoms with Crippen LogP contribution < -0.4 is 5.32 Å². The van der Waals surface area contributed by atoms with Crippen molar-refractivity contribution in [2.75, 3.05) is 13.1 Å². The molecule has 0 spiro atoms. The summed E-state index contributed by atoms with van der Waals surface area (Å²) < 4.78 is 58.6. The lowest BCUT2D eigenvalue weighted by Gasteiger charge is -2.22. The van der Waals surface area contributed by atoms with Gasteiger partial charge < -0.3 is 10.2 Å². The minimum absolute atomic E-state index is 0.126. The molecule has 8 nitrogen and oxygen atoms in total. The van der Waals surface area contributed by atoms with Crippen LogP contribution in [-0.2, 0) is 19.7 Å². The molecule has 1 fully saturated rings. The average molecular weight is 470 g/mol. The molecule has 0 aromatic carbocycles. The Morgan fingerprint density at radius 3 is 2.69 bits per heavy atom. The van der Waals surface area contributed by atoms with E-state index < -0.39 is 58.5 Å². The number of nitrogens with zero attached hydrogens (tertiary/aromatic N) is 2. The van der Waals surface area contributed by atoms with E-state index in [4.69, 9.17) is 4.78 Å². The van der Waals surface area contributed by atoms with Gasteiger partial charge >= 0.3 is 0 Å². The zero-order valence-electron chi connectivity index (χ0n) is 17.0. The Labute approximate surface area is 183 Å². The van der Waals surface area contributed by atoms with Crippen LogP contribution in [0.5, 0.6) is 0 Å². The predicted octanol–water partition coefficient (Wildman–Crippen LogP) is 2.74. The van der Waals surface area contributed by atoms with Gasteiger partial charge in [-0.1, -0.05) is 30.9 Å². The first-order valence-corrected chi connectivity index (χ1v) is 10.8. The van der Waals surface area contributed by atoms with Gasteiger partial charge in [-0.15, -0.1) is 3.89 Å². The molecule has 1 aliphatic heterocycles. The number of nitrogens with one attached hydrogen (secondary N) is 2. The Kier molecular flexibility index (Phi) is 7.73. The van der Waals surface area contributed by atoms with Crippen molar-refractivity contribution in [2.24, 2.45) is 0 Å². The number of pyridine rings is 1. The van der Waals surface area contributed by atoms with Crippen molar-refractivity contribution in [3.8, 4) is 0 Å². The van der Waals surface area contributed by atoms with Crippen molar-refractivity contribution in [2.45, 2.75) is 25.3 Å². The van der Waals surface area contributed by atoms with E-state index in [-0.39, 0.29) is 5.56 Å². The van der Waals surface area contributed by atoms with E-state index >= 15 is 0 Å². The maximum Gasteiger partial charge on any atom is 0.280 e. The highest BCUT2D eigenvalue weighted by Gasteiger charge is 2.51. The first-order chi connectivity index (χ1) is 14.9. The lowest BCUT2D eigenvalue weighted by Crippen LogP contribution is -2.46. The predicted molar refractivity (Wildman–Crippen MR) is 113 cm³/mol. The summed E-state index contributed by atoms with van der Waals surface area (Å²) in [5.74, 6) is -5.37. The van der Waals surface area contributed by atoms with E-state index in [1.54, 1.807) is 31.2 Å². The van der Waals surface area contributed by atoms with Gasteiger partial charge in [0, 0.05) is 18.2 Å². The van der Waals surface area contributed by atoms with E-state index in [9.17, 15) is 31.3 Å². The van der Waals surface area contributed by atoms with Gasteiger partial charge in [-0.05, 0) is 19.1 Å². The summed E-state index contributed by atoms with van der Waals surface area (Å²) in [5, 5.41) is 0.364. The largest absolute Gasteiger partial charge is 0.343 e. The van der Waals surface area contributed by atoms with Crippen LogP contribution in [0, 0.1) is 4.78 Å². The molecular formula is C20H21F3N4O4S. The van der Waals surface area contributed by atoms with E-state index in [2.05, 4.69) is 16.9 Å². The van der Waals surface area contributed by atoms with Gasteiger partial charge in [-0.3, -0.25) is 19.4 Å². The summed E-state index contributed by atoms with van der Waals surface area (Å²) in [6, 6.07) is -0.673. The van der Waals surface area contributed by atoms with Crippen LogP contribution in [0.15, 0.2) is 37.1 Å². The third-order valence-electron chi connectivity index (χ3n) is 4.55. The van der Waals surface area contributed by atoms with Crippen LogP contribution in [0.25, 0.3) is 12.2 Å². The molecule has 0 radical (unpaired) electrons. The second-order valence-electron chi connectivity index (χ2n) is 6.83. The zero-order chi connectivity index (χ0) is 24.1. The highest BCUT2D eigenvalue weighted by atomic mass is 32.3. The molecule has 1 aromatic rings. The molecule has 1 aliphatic rings. The summed E-state index contributed by atoms with van der Waals surface area (Å²) in [4.78, 5) is 41.3. The van der Waals surface area contributed by atoms with Crippen molar-refractivity contribution in [1.29, 1.82) is 4.78 Å². The summed E-state index contributed by atoms with van der Waals surface area (Å²) >= 11 is 0. The summed E-state index contributed by atoms with van der Waals surface area (Å²) in [7, 11) is -5.28. The number of halogens is 3. The molecular weight excluding hydrogens is 449 g/mol. The fourth-order valence-electron chi connectivity index (χ4n) is 3.11. The molecule has 2 N–H and O–H groups in total. The number of aromatic nitrogens is 1. The summed E-state index contributed by atoms with van der Waals surface area (Å²) in [5.41, 5.74) is 0.918. The molecule has 2 atom stereocenters. The SMILES string of the molecule is C=Cc1nccc(C(=O)NCC(=O)N2CC(F)(F)CC2C(=O)S(=N)(=O)F)c1/C=C\C=C/C. The quantitative estimate of drug-likeness (QED) is 0.469. The molecule has 12 heteroatoms. The number of hydrogen-bond acceptors (Lipinski definition) is 6. The van der Waals surface area contributed by atoms with Crippen LogP contribution in [0.4, 0.5) is 12.7 Å². The van der Waals surface area contributed by atoms with E-state index in [0.717, 1.165) is 0 Å². The monoisotopic (exact) mass is 470 g/mol. The average Bonchev–Trinajstić information content (AvgIpc) is 3.06. The molecule has 2 rings (SSSR count). The van der Waals surface area contributed by atoms with Crippen molar-refractivity contribution in [3.63, 3.8) is 0 Å². The topological polar surface area (TPSA) is 120 Å². The van der Waals surface area contributed by atoms with Crippen LogP contribution in [0.2, 0.25) is 0 Å². The molecule has 0 aliphatic carbocycles. The third kappa shape index (κ3) is 5.90. The molecule has 2 heterocycles. The summed E-state index contributed by atoms with van der Waals surface area (Å²) in [6.07, 6.45) is 8.25. The maximum absolute atomic E-state index is 13.8. The number of carbonyl (C=O) groups excluding carboxylic acids is 3. The fourth-order valence-corrected chi connectivity index (χ4v) is 3.67. The Hall–Kier alpha value is -3.28. The standard InChI is InChI=1S/C20H21F3N4O4S/c1-3-5-6-7-13-14(8-9-25-15(13)4-2)18(29)26-11-17(28)27-12-20(21,22)10-16(27)19(30)32(23,24)31/h3-9,16,24H,2,10-12H2,1H3,(H,26,29)/b5-3-,7-6-. The number of rotatable bonds is 7. The zero-order valence-corrected chi connectivity index (χ0v) is 17.8. The molecule has 2 unspecified atom stereocenters. The fraction of sp³-hybridized carbons (Fsp3) is 0.300. The van der Waals surface area contributed by atoms with Gasteiger partial charge in [0.1, 0.15) is 6.04 Å².